The largest absolute Gasteiger partial charge is 0.388 e. The fourth-order valence-corrected chi connectivity index (χ4v) is 3.97. The molecule has 3 heteroatoms. The molecule has 2 rings (SSSR count). The Labute approximate surface area is 117 Å². The molecule has 2 fully saturated rings. The molecule has 0 amide bonds. The van der Waals surface area contributed by atoms with Gasteiger partial charge in [-0.25, -0.2) is 0 Å². The lowest BCUT2D eigenvalue weighted by atomic mass is 9.64. The highest BCUT2D eigenvalue weighted by atomic mass is 16.5. The van der Waals surface area contributed by atoms with Gasteiger partial charge < -0.3 is 9.84 Å². The van der Waals surface area contributed by atoms with Crippen molar-refractivity contribution in [2.24, 2.45) is 11.3 Å². The molecule has 1 aliphatic carbocycles. The lowest BCUT2D eigenvalue weighted by molar-refractivity contribution is -0.112. The summed E-state index contributed by atoms with van der Waals surface area (Å²) in [5, 5.41) is 20.8. The van der Waals surface area contributed by atoms with E-state index in [2.05, 4.69) is 13.0 Å². The summed E-state index contributed by atoms with van der Waals surface area (Å²) in [6.45, 7) is 3.47. The van der Waals surface area contributed by atoms with E-state index < -0.39 is 11.0 Å². The molecule has 1 saturated heterocycles. The van der Waals surface area contributed by atoms with Gasteiger partial charge in [-0.3, -0.25) is 0 Å². The van der Waals surface area contributed by atoms with Gasteiger partial charge in [0.1, 0.15) is 0 Å². The van der Waals surface area contributed by atoms with Gasteiger partial charge in [-0.1, -0.05) is 32.6 Å². The predicted octanol–water partition coefficient (Wildman–Crippen LogP) is 3.42. The standard InChI is InChI=1S/C16H27NO2/c1-2-4-14-5-3-7-16(18,8-6-14)15(13-17)9-11-19-12-10-15/h14,18H,2-12H2,1H3. The first-order chi connectivity index (χ1) is 9.16. The third kappa shape index (κ3) is 2.95. The topological polar surface area (TPSA) is 53.2 Å². The smallest absolute Gasteiger partial charge is 0.0903 e. The fourth-order valence-electron chi connectivity index (χ4n) is 3.97. The molecule has 0 bridgehead atoms. The first kappa shape index (κ1) is 14.8. The molecule has 1 N–H and O–H groups in total. The van der Waals surface area contributed by atoms with Crippen LogP contribution in [0.5, 0.6) is 0 Å². The second kappa shape index (κ2) is 6.24. The number of hydrogen-bond donors (Lipinski definition) is 1. The molecule has 1 aliphatic heterocycles. The molecular weight excluding hydrogens is 238 g/mol. The molecule has 2 atom stereocenters. The van der Waals surface area contributed by atoms with E-state index in [-0.39, 0.29) is 0 Å². The molecule has 0 aromatic heterocycles. The zero-order chi connectivity index (χ0) is 13.8. The Balaban J connectivity index is 2.10. The van der Waals surface area contributed by atoms with E-state index in [4.69, 9.17) is 4.74 Å². The third-order valence-electron chi connectivity index (χ3n) is 5.32. The highest BCUT2D eigenvalue weighted by Gasteiger charge is 2.51. The van der Waals surface area contributed by atoms with Crippen LogP contribution in [-0.2, 0) is 4.74 Å². The SMILES string of the molecule is CCCC1CCCC(O)(C2(C#N)CCOCC2)CC1. The lowest BCUT2D eigenvalue weighted by Crippen LogP contribution is -2.50. The minimum atomic E-state index is -0.784. The van der Waals surface area contributed by atoms with E-state index >= 15 is 0 Å². The molecule has 3 nitrogen and oxygen atoms in total. The van der Waals surface area contributed by atoms with Crippen molar-refractivity contribution >= 4 is 0 Å². The fraction of sp³-hybridized carbons (Fsp3) is 0.938. The number of aliphatic hydroxyl groups is 1. The van der Waals surface area contributed by atoms with E-state index in [0.717, 1.165) is 31.6 Å². The van der Waals surface area contributed by atoms with E-state index in [1.54, 1.807) is 0 Å². The van der Waals surface area contributed by atoms with Crippen molar-refractivity contribution in [1.29, 1.82) is 5.26 Å². The van der Waals surface area contributed by atoms with E-state index in [9.17, 15) is 10.4 Å². The summed E-state index contributed by atoms with van der Waals surface area (Å²) in [6.07, 6.45) is 8.82. The average molecular weight is 265 g/mol. The summed E-state index contributed by atoms with van der Waals surface area (Å²) >= 11 is 0. The van der Waals surface area contributed by atoms with Gasteiger partial charge in [0.2, 0.25) is 0 Å². The molecule has 108 valence electrons. The number of rotatable bonds is 3. The van der Waals surface area contributed by atoms with Gasteiger partial charge in [-0.15, -0.1) is 0 Å². The van der Waals surface area contributed by atoms with Crippen molar-refractivity contribution in [2.75, 3.05) is 13.2 Å². The maximum Gasteiger partial charge on any atom is 0.0903 e. The second-order valence-electron chi connectivity index (χ2n) is 6.42. The monoisotopic (exact) mass is 265 g/mol. The van der Waals surface area contributed by atoms with Crippen LogP contribution in [0.1, 0.15) is 64.7 Å². The van der Waals surface area contributed by atoms with Crippen molar-refractivity contribution in [3.63, 3.8) is 0 Å². The van der Waals surface area contributed by atoms with Crippen molar-refractivity contribution < 1.29 is 9.84 Å². The molecule has 1 heterocycles. The van der Waals surface area contributed by atoms with E-state index in [1.165, 1.54) is 19.3 Å². The van der Waals surface area contributed by atoms with Crippen LogP contribution in [0.4, 0.5) is 0 Å². The summed E-state index contributed by atoms with van der Waals surface area (Å²) < 4.78 is 5.39. The van der Waals surface area contributed by atoms with Crippen LogP contribution in [-0.4, -0.2) is 23.9 Å². The number of nitrogens with zero attached hydrogens (tertiary/aromatic N) is 1. The van der Waals surface area contributed by atoms with Crippen LogP contribution in [0.25, 0.3) is 0 Å². The quantitative estimate of drug-likeness (QED) is 0.795. The number of hydrogen-bond acceptors (Lipinski definition) is 3. The summed E-state index contributed by atoms with van der Waals surface area (Å²) in [5.41, 5.74) is -1.35. The zero-order valence-electron chi connectivity index (χ0n) is 12.2. The summed E-state index contributed by atoms with van der Waals surface area (Å²) in [4.78, 5) is 0. The Bertz CT molecular complexity index is 330. The molecular formula is C16H27NO2. The van der Waals surface area contributed by atoms with Crippen LogP contribution < -0.4 is 0 Å². The highest BCUT2D eigenvalue weighted by molar-refractivity contribution is 5.12. The minimum Gasteiger partial charge on any atom is -0.388 e. The van der Waals surface area contributed by atoms with Crippen LogP contribution in [0.15, 0.2) is 0 Å². The van der Waals surface area contributed by atoms with E-state index in [0.29, 0.717) is 26.1 Å². The molecule has 0 spiro atoms. The summed E-state index contributed by atoms with van der Waals surface area (Å²) in [6, 6.07) is 2.47. The summed E-state index contributed by atoms with van der Waals surface area (Å²) in [5.74, 6) is 0.745. The Hall–Kier alpha value is -0.590. The molecule has 2 unspecified atom stereocenters. The minimum absolute atomic E-state index is 0.563. The highest BCUT2D eigenvalue weighted by Crippen LogP contribution is 2.48. The Morgan fingerprint density at radius 2 is 1.95 bits per heavy atom. The second-order valence-corrected chi connectivity index (χ2v) is 6.42. The first-order valence-electron chi connectivity index (χ1n) is 7.87. The molecule has 0 aromatic carbocycles. The van der Waals surface area contributed by atoms with E-state index in [1.807, 2.05) is 0 Å². The van der Waals surface area contributed by atoms with Gasteiger partial charge in [0.05, 0.1) is 17.1 Å². The maximum absolute atomic E-state index is 11.1. The number of nitriles is 1. The first-order valence-corrected chi connectivity index (χ1v) is 7.87. The van der Waals surface area contributed by atoms with Gasteiger partial charge in [-0.05, 0) is 38.0 Å². The van der Waals surface area contributed by atoms with Crippen molar-refractivity contribution in [3.8, 4) is 6.07 Å². The maximum atomic E-state index is 11.1. The average Bonchev–Trinajstić information content (AvgIpc) is 2.63. The van der Waals surface area contributed by atoms with Crippen molar-refractivity contribution in [2.45, 2.75) is 70.3 Å². The van der Waals surface area contributed by atoms with Gasteiger partial charge in [-0.2, -0.15) is 5.26 Å². The van der Waals surface area contributed by atoms with Crippen LogP contribution in [0, 0.1) is 22.7 Å². The van der Waals surface area contributed by atoms with Gasteiger partial charge in [0.25, 0.3) is 0 Å². The molecule has 1 saturated carbocycles. The van der Waals surface area contributed by atoms with Crippen LogP contribution >= 0.6 is 0 Å². The normalized spacial score (nSPS) is 35.3. The molecule has 2 aliphatic rings. The Morgan fingerprint density at radius 1 is 1.21 bits per heavy atom. The predicted molar refractivity (Wildman–Crippen MR) is 74.5 cm³/mol. The van der Waals surface area contributed by atoms with Gasteiger partial charge >= 0.3 is 0 Å². The number of ether oxygens (including phenoxy) is 1. The zero-order valence-corrected chi connectivity index (χ0v) is 12.2. The van der Waals surface area contributed by atoms with Gasteiger partial charge in [0.15, 0.2) is 0 Å². The van der Waals surface area contributed by atoms with Crippen molar-refractivity contribution in [3.05, 3.63) is 0 Å². The van der Waals surface area contributed by atoms with Gasteiger partial charge in [0, 0.05) is 13.2 Å². The molecule has 0 radical (unpaired) electrons. The third-order valence-corrected chi connectivity index (χ3v) is 5.32. The Kier molecular flexibility index (Phi) is 4.86. The molecule has 0 aromatic rings. The molecule has 19 heavy (non-hydrogen) atoms. The summed E-state index contributed by atoms with van der Waals surface area (Å²) in [7, 11) is 0. The van der Waals surface area contributed by atoms with Crippen LogP contribution in [0.3, 0.4) is 0 Å². The lowest BCUT2D eigenvalue weighted by Gasteiger charge is -2.44. The van der Waals surface area contributed by atoms with Crippen molar-refractivity contribution in [1.82, 2.24) is 0 Å². The Morgan fingerprint density at radius 3 is 2.58 bits per heavy atom. The van der Waals surface area contributed by atoms with Crippen LogP contribution in [0.2, 0.25) is 0 Å².